The van der Waals surface area contributed by atoms with Crippen LogP contribution in [0, 0.1) is 17.3 Å². The van der Waals surface area contributed by atoms with Crippen molar-refractivity contribution in [3.05, 3.63) is 34.9 Å². The second-order valence-electron chi connectivity index (χ2n) is 10.6. The molecule has 0 aliphatic carbocycles. The van der Waals surface area contributed by atoms with E-state index in [0.717, 1.165) is 6.42 Å². The highest BCUT2D eigenvalue weighted by Gasteiger charge is 2.41. The Hall–Kier alpha value is -1.64. The number of hydrogen-bond acceptors (Lipinski definition) is 4. The van der Waals surface area contributed by atoms with Crippen LogP contribution in [0.15, 0.2) is 24.3 Å². The lowest BCUT2D eigenvalue weighted by Crippen LogP contribution is -2.56. The third kappa shape index (κ3) is 5.94. The van der Waals surface area contributed by atoms with Crippen molar-refractivity contribution in [3.8, 4) is 0 Å². The maximum Gasteiger partial charge on any atom is 0.245 e. The summed E-state index contributed by atoms with van der Waals surface area (Å²) in [6.07, 6.45) is 1.31. The molecule has 0 bridgehead atoms. The first-order valence-electron chi connectivity index (χ1n) is 12.2. The Morgan fingerprint density at radius 3 is 2.35 bits per heavy atom. The number of nitrogens with zero attached hydrogens (tertiary/aromatic N) is 2. The number of sulfonamides is 1. The molecule has 2 amide bonds. The Kier molecular flexibility index (Phi) is 8.36. The van der Waals surface area contributed by atoms with Crippen LogP contribution in [0.4, 0.5) is 0 Å². The van der Waals surface area contributed by atoms with Crippen molar-refractivity contribution >= 4 is 33.4 Å². The number of benzene rings is 1. The van der Waals surface area contributed by atoms with Crippen LogP contribution in [0.2, 0.25) is 5.02 Å². The summed E-state index contributed by atoms with van der Waals surface area (Å²) in [6, 6.07) is 7.31. The lowest BCUT2D eigenvalue weighted by atomic mass is 9.70. The van der Waals surface area contributed by atoms with Gasteiger partial charge in [-0.25, -0.2) is 12.7 Å². The maximum absolute atomic E-state index is 13.5. The fourth-order valence-electron chi connectivity index (χ4n) is 5.22. The average Bonchev–Trinajstić information content (AvgIpc) is 3.28. The van der Waals surface area contributed by atoms with Gasteiger partial charge in [-0.15, -0.1) is 0 Å². The second kappa shape index (κ2) is 10.5. The molecule has 1 aromatic carbocycles. The van der Waals surface area contributed by atoms with Crippen LogP contribution >= 0.6 is 11.6 Å². The summed E-state index contributed by atoms with van der Waals surface area (Å²) in [7, 11) is -3.32. The Morgan fingerprint density at radius 2 is 1.79 bits per heavy atom. The van der Waals surface area contributed by atoms with Gasteiger partial charge in [-0.05, 0) is 54.7 Å². The molecule has 190 valence electrons. The molecular weight excluding hydrogens is 474 g/mol. The van der Waals surface area contributed by atoms with Gasteiger partial charge in [-0.1, -0.05) is 51.4 Å². The smallest absolute Gasteiger partial charge is 0.245 e. The minimum atomic E-state index is -3.32. The molecule has 0 saturated carbocycles. The molecule has 7 nitrogen and oxygen atoms in total. The summed E-state index contributed by atoms with van der Waals surface area (Å²) in [5, 5.41) is 3.67. The van der Waals surface area contributed by atoms with Crippen LogP contribution in [0.25, 0.3) is 0 Å². The number of hydrogen-bond donors (Lipinski definition) is 1. The van der Waals surface area contributed by atoms with Crippen LogP contribution < -0.4 is 5.32 Å². The molecule has 2 fully saturated rings. The quantitative estimate of drug-likeness (QED) is 0.607. The van der Waals surface area contributed by atoms with Crippen LogP contribution in [-0.2, 0) is 19.6 Å². The van der Waals surface area contributed by atoms with E-state index in [4.69, 9.17) is 11.6 Å². The summed E-state index contributed by atoms with van der Waals surface area (Å²) in [6.45, 7) is 11.6. The van der Waals surface area contributed by atoms with Crippen molar-refractivity contribution in [2.75, 3.05) is 31.9 Å². The molecule has 34 heavy (non-hydrogen) atoms. The van der Waals surface area contributed by atoms with E-state index in [1.807, 2.05) is 30.9 Å². The van der Waals surface area contributed by atoms with Gasteiger partial charge < -0.3 is 10.2 Å². The number of rotatable bonds is 7. The molecule has 0 radical (unpaired) electrons. The Labute approximate surface area is 209 Å². The van der Waals surface area contributed by atoms with Crippen molar-refractivity contribution in [1.29, 1.82) is 0 Å². The number of nitrogens with one attached hydrogen (secondary N) is 1. The molecule has 0 aromatic heterocycles. The second-order valence-corrected chi connectivity index (χ2v) is 13.3. The van der Waals surface area contributed by atoms with E-state index in [-0.39, 0.29) is 35.4 Å². The summed E-state index contributed by atoms with van der Waals surface area (Å²) < 4.78 is 25.7. The van der Waals surface area contributed by atoms with Gasteiger partial charge in [0.2, 0.25) is 21.8 Å². The number of amides is 2. The molecule has 1 N–H and O–H groups in total. The van der Waals surface area contributed by atoms with Gasteiger partial charge in [-0.3, -0.25) is 9.59 Å². The number of piperidine rings is 1. The molecule has 0 spiro atoms. The zero-order valence-corrected chi connectivity index (χ0v) is 22.5. The number of halogens is 1. The highest BCUT2D eigenvalue weighted by molar-refractivity contribution is 7.89. The summed E-state index contributed by atoms with van der Waals surface area (Å²) in [5.74, 6) is -0.479. The van der Waals surface area contributed by atoms with E-state index in [1.165, 1.54) is 9.87 Å². The zero-order chi connectivity index (χ0) is 25.3. The van der Waals surface area contributed by atoms with Crippen molar-refractivity contribution in [2.24, 2.45) is 17.3 Å². The third-order valence-electron chi connectivity index (χ3n) is 7.32. The largest absolute Gasteiger partial charge is 0.344 e. The molecule has 2 aliphatic rings. The van der Waals surface area contributed by atoms with E-state index in [9.17, 15) is 18.0 Å². The third-order valence-corrected chi connectivity index (χ3v) is 9.42. The lowest BCUT2D eigenvalue weighted by Gasteiger charge is -2.45. The minimum absolute atomic E-state index is 0.0240. The first-order chi connectivity index (χ1) is 15.9. The van der Waals surface area contributed by atoms with Gasteiger partial charge in [0.25, 0.3) is 0 Å². The first kappa shape index (κ1) is 27.0. The SMILES string of the molecule is CCS(=O)(=O)N1CC[C@@H](C(=O)N[C@@H](C(=O)N2CC[C@H](c3ccc(Cl)cc3)C(C)(C)C2)C(C)C)C1. The van der Waals surface area contributed by atoms with Gasteiger partial charge in [0.1, 0.15) is 6.04 Å². The standard InChI is InChI=1S/C25H38ClN3O4S/c1-6-34(32,33)29-14-11-19(15-29)23(30)27-22(17(2)3)24(31)28-13-12-21(25(4,5)16-28)18-7-9-20(26)10-8-18/h7-10,17,19,21-22H,6,11-16H2,1-5H3,(H,27,30)/t19-,21-,22-/m1/s1. The fraction of sp³-hybridized carbons (Fsp3) is 0.680. The van der Waals surface area contributed by atoms with Crippen LogP contribution in [0.3, 0.4) is 0 Å². The van der Waals surface area contributed by atoms with E-state index in [0.29, 0.717) is 37.0 Å². The van der Waals surface area contributed by atoms with Crippen molar-refractivity contribution in [2.45, 2.75) is 59.4 Å². The monoisotopic (exact) mass is 511 g/mol. The van der Waals surface area contributed by atoms with Crippen molar-refractivity contribution in [1.82, 2.24) is 14.5 Å². The summed E-state index contributed by atoms with van der Waals surface area (Å²) in [5.41, 5.74) is 1.09. The fourth-order valence-corrected chi connectivity index (χ4v) is 6.50. The van der Waals surface area contributed by atoms with E-state index in [2.05, 4.69) is 31.3 Å². The number of carbonyl (C=O) groups is 2. The number of carbonyl (C=O) groups excluding carboxylic acids is 2. The van der Waals surface area contributed by atoms with Crippen molar-refractivity contribution < 1.29 is 18.0 Å². The normalized spacial score (nSPS) is 24.3. The topological polar surface area (TPSA) is 86.8 Å². The zero-order valence-electron chi connectivity index (χ0n) is 20.9. The molecular formula is C25H38ClN3O4S. The molecule has 0 unspecified atom stereocenters. The van der Waals surface area contributed by atoms with Crippen LogP contribution in [0.1, 0.15) is 58.9 Å². The lowest BCUT2D eigenvalue weighted by molar-refractivity contribution is -0.141. The Bertz CT molecular complexity index is 994. The van der Waals surface area contributed by atoms with Crippen molar-refractivity contribution in [3.63, 3.8) is 0 Å². The van der Waals surface area contributed by atoms with Gasteiger partial charge in [-0.2, -0.15) is 0 Å². The summed E-state index contributed by atoms with van der Waals surface area (Å²) in [4.78, 5) is 28.4. The van der Waals surface area contributed by atoms with Gasteiger partial charge in [0, 0.05) is 31.2 Å². The predicted molar refractivity (Wildman–Crippen MR) is 135 cm³/mol. The molecule has 3 rings (SSSR count). The highest BCUT2D eigenvalue weighted by Crippen LogP contribution is 2.42. The van der Waals surface area contributed by atoms with Crippen LogP contribution in [-0.4, -0.2) is 67.4 Å². The maximum atomic E-state index is 13.5. The average molecular weight is 512 g/mol. The van der Waals surface area contributed by atoms with Gasteiger partial charge in [0.15, 0.2) is 0 Å². The molecule has 9 heteroatoms. The van der Waals surface area contributed by atoms with Gasteiger partial charge in [0.05, 0.1) is 11.7 Å². The number of likely N-dealkylation sites (tertiary alicyclic amines) is 1. The molecule has 2 heterocycles. The molecule has 3 atom stereocenters. The molecule has 1 aromatic rings. The van der Waals surface area contributed by atoms with E-state index >= 15 is 0 Å². The van der Waals surface area contributed by atoms with Crippen LogP contribution in [0.5, 0.6) is 0 Å². The summed E-state index contributed by atoms with van der Waals surface area (Å²) >= 11 is 6.06. The minimum Gasteiger partial charge on any atom is -0.344 e. The van der Waals surface area contributed by atoms with E-state index < -0.39 is 22.0 Å². The molecule has 2 aliphatic heterocycles. The Morgan fingerprint density at radius 1 is 1.15 bits per heavy atom. The highest BCUT2D eigenvalue weighted by atomic mass is 35.5. The molecule has 2 saturated heterocycles. The first-order valence-corrected chi connectivity index (χ1v) is 14.2. The van der Waals surface area contributed by atoms with E-state index in [1.54, 1.807) is 6.92 Å². The predicted octanol–water partition coefficient (Wildman–Crippen LogP) is 3.49. The Balaban J connectivity index is 1.66. The van der Waals surface area contributed by atoms with Gasteiger partial charge >= 0.3 is 0 Å².